The average molecular weight is 425 g/mol. The van der Waals surface area contributed by atoms with Crippen molar-refractivity contribution in [1.82, 2.24) is 15.0 Å². The van der Waals surface area contributed by atoms with E-state index in [4.69, 9.17) is 9.72 Å². The van der Waals surface area contributed by atoms with Crippen LogP contribution in [0.5, 0.6) is 5.88 Å². The third kappa shape index (κ3) is 3.85. The van der Waals surface area contributed by atoms with Gasteiger partial charge in [0.15, 0.2) is 5.78 Å². The number of ketones is 1. The monoisotopic (exact) mass is 425 g/mol. The highest BCUT2D eigenvalue weighted by Crippen LogP contribution is 2.34. The second-order valence-corrected chi connectivity index (χ2v) is 7.80. The number of aromatic nitrogens is 3. The second kappa shape index (κ2) is 8.26. The Labute approximate surface area is 186 Å². The standard InChI is InChI=1S/C25H23N5O2/c1-15-21(14-27-24-23(15)26-11-12-32-24)18-3-4-19-13-28-25(30-22(19)10-7-18)29-20-8-5-17(6-9-20)16(2)31/h3-9,13-14,26H,10-12H2,1-2H3,(H,28,29,30). The van der Waals surface area contributed by atoms with Gasteiger partial charge in [0, 0.05) is 47.7 Å². The van der Waals surface area contributed by atoms with Crippen molar-refractivity contribution in [2.45, 2.75) is 20.3 Å². The zero-order chi connectivity index (χ0) is 22.1. The zero-order valence-corrected chi connectivity index (χ0v) is 18.0. The van der Waals surface area contributed by atoms with Crippen molar-refractivity contribution in [3.63, 3.8) is 0 Å². The van der Waals surface area contributed by atoms with E-state index in [1.54, 1.807) is 19.1 Å². The molecule has 1 aliphatic heterocycles. The molecule has 0 radical (unpaired) electrons. The lowest BCUT2D eigenvalue weighted by Crippen LogP contribution is -2.20. The summed E-state index contributed by atoms with van der Waals surface area (Å²) >= 11 is 0. The molecule has 0 atom stereocenters. The van der Waals surface area contributed by atoms with Crippen molar-refractivity contribution in [1.29, 1.82) is 0 Å². The molecule has 0 saturated heterocycles. The Balaban J connectivity index is 1.39. The fraction of sp³-hybridized carbons (Fsp3) is 0.200. The summed E-state index contributed by atoms with van der Waals surface area (Å²) in [5.41, 5.74) is 7.69. The van der Waals surface area contributed by atoms with E-state index in [2.05, 4.69) is 39.7 Å². The lowest BCUT2D eigenvalue weighted by molar-refractivity contribution is 0.101. The van der Waals surface area contributed by atoms with Crippen LogP contribution in [0.15, 0.2) is 48.8 Å². The molecule has 5 rings (SSSR count). The predicted octanol–water partition coefficient (Wildman–Crippen LogP) is 4.58. The maximum absolute atomic E-state index is 11.5. The number of carbonyl (C=O) groups is 1. The fourth-order valence-electron chi connectivity index (χ4n) is 3.87. The van der Waals surface area contributed by atoms with Crippen molar-refractivity contribution in [3.8, 4) is 5.88 Å². The molecule has 1 aliphatic carbocycles. The summed E-state index contributed by atoms with van der Waals surface area (Å²) in [4.78, 5) is 25.1. The molecule has 3 heterocycles. The summed E-state index contributed by atoms with van der Waals surface area (Å²) in [7, 11) is 0. The SMILES string of the molecule is CC(=O)c1ccc(Nc2ncc3c(n2)CC=C(c2cnc4c(c2C)NCCO4)C=C3)cc1. The molecule has 2 aromatic heterocycles. The smallest absolute Gasteiger partial charge is 0.237 e. The molecule has 0 amide bonds. The summed E-state index contributed by atoms with van der Waals surface area (Å²) < 4.78 is 5.65. The number of carbonyl (C=O) groups excluding carboxylic acids is 1. The fourth-order valence-corrected chi connectivity index (χ4v) is 3.87. The van der Waals surface area contributed by atoms with Crippen molar-refractivity contribution in [2.75, 3.05) is 23.8 Å². The van der Waals surface area contributed by atoms with Crippen LogP contribution in [0.25, 0.3) is 11.6 Å². The Morgan fingerprint density at radius 2 is 1.97 bits per heavy atom. The summed E-state index contributed by atoms with van der Waals surface area (Å²) in [6, 6.07) is 7.29. The largest absolute Gasteiger partial charge is 0.474 e. The number of ether oxygens (including phenoxy) is 1. The Bertz CT molecular complexity index is 1260. The van der Waals surface area contributed by atoms with Crippen molar-refractivity contribution >= 4 is 34.8 Å². The number of rotatable bonds is 4. The summed E-state index contributed by atoms with van der Waals surface area (Å²) in [6.07, 6.45) is 10.7. The molecule has 0 unspecified atom stereocenters. The summed E-state index contributed by atoms with van der Waals surface area (Å²) in [5, 5.41) is 6.61. The number of nitrogens with one attached hydrogen (secondary N) is 2. The lowest BCUT2D eigenvalue weighted by Gasteiger charge is -2.21. The van der Waals surface area contributed by atoms with Crippen LogP contribution in [0, 0.1) is 6.92 Å². The molecule has 0 fully saturated rings. The number of fused-ring (bicyclic) bond motifs is 2. The minimum absolute atomic E-state index is 0.0416. The maximum atomic E-state index is 11.5. The number of allylic oxidation sites excluding steroid dienone is 3. The number of nitrogens with zero attached hydrogens (tertiary/aromatic N) is 3. The van der Waals surface area contributed by atoms with Crippen molar-refractivity contribution in [3.05, 3.63) is 76.8 Å². The molecule has 0 saturated carbocycles. The number of hydrogen-bond acceptors (Lipinski definition) is 7. The van der Waals surface area contributed by atoms with Crippen LogP contribution in [-0.2, 0) is 6.42 Å². The summed E-state index contributed by atoms with van der Waals surface area (Å²) in [6.45, 7) is 5.05. The highest BCUT2D eigenvalue weighted by atomic mass is 16.5. The molecule has 0 bridgehead atoms. The van der Waals surface area contributed by atoms with Crippen LogP contribution >= 0.6 is 0 Å². The molecular weight excluding hydrogens is 402 g/mol. The first kappa shape index (κ1) is 19.9. The van der Waals surface area contributed by atoms with Crippen LogP contribution in [0.1, 0.15) is 39.7 Å². The molecule has 0 spiro atoms. The van der Waals surface area contributed by atoms with E-state index in [0.29, 0.717) is 30.4 Å². The van der Waals surface area contributed by atoms with E-state index in [1.807, 2.05) is 30.6 Å². The van der Waals surface area contributed by atoms with Gasteiger partial charge in [0.2, 0.25) is 11.8 Å². The van der Waals surface area contributed by atoms with Gasteiger partial charge in [-0.05, 0) is 49.2 Å². The van der Waals surface area contributed by atoms with Gasteiger partial charge in [0.05, 0.1) is 5.69 Å². The highest BCUT2D eigenvalue weighted by Gasteiger charge is 2.18. The van der Waals surface area contributed by atoms with Gasteiger partial charge >= 0.3 is 0 Å². The molecule has 2 N–H and O–H groups in total. The van der Waals surface area contributed by atoms with Gasteiger partial charge in [-0.25, -0.2) is 15.0 Å². The number of hydrogen-bond donors (Lipinski definition) is 2. The van der Waals surface area contributed by atoms with Gasteiger partial charge in [-0.3, -0.25) is 4.79 Å². The normalized spacial score (nSPS) is 14.2. The maximum Gasteiger partial charge on any atom is 0.237 e. The molecular formula is C25H23N5O2. The third-order valence-corrected chi connectivity index (χ3v) is 5.66. The Morgan fingerprint density at radius 3 is 2.78 bits per heavy atom. The van der Waals surface area contributed by atoms with Crippen molar-refractivity contribution in [2.24, 2.45) is 0 Å². The molecule has 2 aliphatic rings. The van der Waals surface area contributed by atoms with Gasteiger partial charge in [0.1, 0.15) is 12.3 Å². The van der Waals surface area contributed by atoms with Crippen LogP contribution in [0.2, 0.25) is 0 Å². The molecule has 7 nitrogen and oxygen atoms in total. The van der Waals surface area contributed by atoms with Crippen LogP contribution in [-0.4, -0.2) is 33.9 Å². The lowest BCUT2D eigenvalue weighted by atomic mass is 10.0. The van der Waals surface area contributed by atoms with Gasteiger partial charge in [-0.2, -0.15) is 0 Å². The first-order chi connectivity index (χ1) is 15.6. The highest BCUT2D eigenvalue weighted by molar-refractivity contribution is 5.94. The molecule has 32 heavy (non-hydrogen) atoms. The minimum Gasteiger partial charge on any atom is -0.474 e. The Morgan fingerprint density at radius 1 is 1.12 bits per heavy atom. The van der Waals surface area contributed by atoms with E-state index in [1.165, 1.54) is 0 Å². The van der Waals surface area contributed by atoms with Gasteiger partial charge in [-0.1, -0.05) is 18.2 Å². The van der Waals surface area contributed by atoms with Crippen LogP contribution < -0.4 is 15.4 Å². The Kier molecular flexibility index (Phi) is 5.15. The minimum atomic E-state index is 0.0416. The van der Waals surface area contributed by atoms with Gasteiger partial charge in [0.25, 0.3) is 0 Å². The molecule has 1 aromatic carbocycles. The van der Waals surface area contributed by atoms with Crippen LogP contribution in [0.4, 0.5) is 17.3 Å². The average Bonchev–Trinajstić information content (AvgIpc) is 3.02. The topological polar surface area (TPSA) is 89.0 Å². The second-order valence-electron chi connectivity index (χ2n) is 7.80. The van der Waals surface area contributed by atoms with E-state index in [9.17, 15) is 4.79 Å². The third-order valence-electron chi connectivity index (χ3n) is 5.66. The number of benzene rings is 1. The van der Waals surface area contributed by atoms with Gasteiger partial charge in [-0.15, -0.1) is 0 Å². The quantitative estimate of drug-likeness (QED) is 0.591. The summed E-state index contributed by atoms with van der Waals surface area (Å²) in [5.74, 6) is 1.23. The first-order valence-electron chi connectivity index (χ1n) is 10.6. The number of Topliss-reactive ketones (excluding diaryl/α,β-unsaturated/α-hetero) is 1. The van der Waals surface area contributed by atoms with E-state index >= 15 is 0 Å². The number of anilines is 3. The molecule has 160 valence electrons. The van der Waals surface area contributed by atoms with Crippen LogP contribution in [0.3, 0.4) is 0 Å². The molecule has 3 aromatic rings. The number of pyridine rings is 1. The van der Waals surface area contributed by atoms with E-state index in [0.717, 1.165) is 45.9 Å². The first-order valence-corrected chi connectivity index (χ1v) is 10.6. The Hall–Kier alpha value is -4.00. The van der Waals surface area contributed by atoms with E-state index in [-0.39, 0.29) is 5.78 Å². The van der Waals surface area contributed by atoms with Gasteiger partial charge < -0.3 is 15.4 Å². The van der Waals surface area contributed by atoms with Crippen molar-refractivity contribution < 1.29 is 9.53 Å². The van der Waals surface area contributed by atoms with E-state index < -0.39 is 0 Å². The predicted molar refractivity (Wildman–Crippen MR) is 125 cm³/mol. The molecule has 7 heteroatoms. The zero-order valence-electron chi connectivity index (χ0n) is 18.0.